The van der Waals surface area contributed by atoms with E-state index in [9.17, 15) is 26.4 Å². The lowest BCUT2D eigenvalue weighted by molar-refractivity contribution is -0.0429. The lowest BCUT2D eigenvalue weighted by atomic mass is 9.94. The van der Waals surface area contributed by atoms with E-state index in [1.54, 1.807) is 25.6 Å². The van der Waals surface area contributed by atoms with E-state index in [0.29, 0.717) is 12.1 Å². The summed E-state index contributed by atoms with van der Waals surface area (Å²) in [4.78, 5) is 13.8. The standard InChI is InChI=1S/C19H23F3N6O4S2/c1-5-12-7-6-11-8-13(23-25-18-26-24-16(33-18)17(29)32-10(2)3)14(9-15(11)28(12)4)27-34(30,31)19(20,21)22/h8-10,12,27H,5-7H2,1-4H3. The van der Waals surface area contributed by atoms with Crippen LogP contribution in [0, 0.1) is 0 Å². The molecule has 1 aliphatic rings. The Bertz CT molecular complexity index is 1200. The molecular formula is C19H23F3N6O4S2. The smallest absolute Gasteiger partial charge is 0.458 e. The molecule has 0 spiro atoms. The number of anilines is 2. The first-order valence-electron chi connectivity index (χ1n) is 10.3. The number of rotatable bonds is 7. The number of benzene rings is 1. The Hall–Kier alpha value is -2.81. The van der Waals surface area contributed by atoms with Gasteiger partial charge in [-0.05, 0) is 50.8 Å². The largest absolute Gasteiger partial charge is 0.516 e. The van der Waals surface area contributed by atoms with Crippen molar-refractivity contribution in [2.45, 2.75) is 57.7 Å². The molecule has 1 atom stereocenters. The number of aromatic nitrogens is 2. The molecule has 0 saturated carbocycles. The number of carbonyl (C=O) groups excluding carboxylic acids is 1. The van der Waals surface area contributed by atoms with Crippen molar-refractivity contribution in [2.24, 2.45) is 10.2 Å². The molecule has 2 aromatic rings. The normalized spacial score (nSPS) is 16.7. The van der Waals surface area contributed by atoms with Crippen LogP contribution in [0.4, 0.5) is 35.4 Å². The van der Waals surface area contributed by atoms with Gasteiger partial charge in [0.15, 0.2) is 0 Å². The van der Waals surface area contributed by atoms with E-state index in [1.807, 2.05) is 11.8 Å². The molecule has 0 radical (unpaired) electrons. The van der Waals surface area contributed by atoms with Gasteiger partial charge in [-0.15, -0.1) is 20.4 Å². The number of esters is 1. The molecule has 0 saturated heterocycles. The predicted octanol–water partition coefficient (Wildman–Crippen LogP) is 4.94. The lowest BCUT2D eigenvalue weighted by Gasteiger charge is -2.36. The minimum atomic E-state index is -5.69. The van der Waals surface area contributed by atoms with Gasteiger partial charge in [0, 0.05) is 18.8 Å². The number of hydrogen-bond acceptors (Lipinski definition) is 10. The van der Waals surface area contributed by atoms with Crippen LogP contribution in [0.1, 0.15) is 49.0 Å². The summed E-state index contributed by atoms with van der Waals surface area (Å²) in [6, 6.07) is 2.97. The van der Waals surface area contributed by atoms with Crippen molar-refractivity contribution in [3.05, 3.63) is 22.7 Å². The number of fused-ring (bicyclic) bond motifs is 1. The Balaban J connectivity index is 1.99. The molecule has 1 aromatic heterocycles. The number of nitrogens with one attached hydrogen (secondary N) is 1. The molecule has 0 amide bonds. The third kappa shape index (κ3) is 5.63. The fraction of sp³-hybridized carbons (Fsp3) is 0.526. The van der Waals surface area contributed by atoms with Crippen molar-refractivity contribution in [1.29, 1.82) is 0 Å². The van der Waals surface area contributed by atoms with Crippen LogP contribution in [0.2, 0.25) is 0 Å². The molecule has 186 valence electrons. The zero-order chi connectivity index (χ0) is 25.3. The number of sulfonamides is 1. The maximum atomic E-state index is 13.0. The van der Waals surface area contributed by atoms with Crippen molar-refractivity contribution >= 4 is 49.5 Å². The zero-order valence-corrected chi connectivity index (χ0v) is 20.4. The molecule has 2 heterocycles. The van der Waals surface area contributed by atoms with Gasteiger partial charge in [0.25, 0.3) is 5.13 Å². The SMILES string of the molecule is CCC1CCc2cc(N=Nc3nnc(C(=O)OC(C)C)s3)c(NS(=O)(=O)C(F)(F)F)cc2N1C. The van der Waals surface area contributed by atoms with Gasteiger partial charge in [0.1, 0.15) is 5.69 Å². The number of carbonyl (C=O) groups is 1. The van der Waals surface area contributed by atoms with Crippen LogP contribution < -0.4 is 9.62 Å². The van der Waals surface area contributed by atoms with E-state index in [1.165, 1.54) is 12.1 Å². The summed E-state index contributed by atoms with van der Waals surface area (Å²) < 4.78 is 69.3. The van der Waals surface area contributed by atoms with E-state index in [4.69, 9.17) is 4.74 Å². The summed E-state index contributed by atoms with van der Waals surface area (Å²) in [5.41, 5.74) is -4.63. The van der Waals surface area contributed by atoms with Gasteiger partial charge in [-0.3, -0.25) is 4.72 Å². The highest BCUT2D eigenvalue weighted by atomic mass is 32.2. The van der Waals surface area contributed by atoms with Gasteiger partial charge < -0.3 is 9.64 Å². The summed E-state index contributed by atoms with van der Waals surface area (Å²) in [7, 11) is -3.89. The van der Waals surface area contributed by atoms with E-state index in [0.717, 1.165) is 29.7 Å². The minimum Gasteiger partial charge on any atom is -0.458 e. The van der Waals surface area contributed by atoms with E-state index in [2.05, 4.69) is 20.4 Å². The summed E-state index contributed by atoms with van der Waals surface area (Å²) in [6.07, 6.45) is 1.91. The first-order chi connectivity index (χ1) is 15.8. The molecule has 0 fully saturated rings. The van der Waals surface area contributed by atoms with Crippen LogP contribution in [0.3, 0.4) is 0 Å². The van der Waals surface area contributed by atoms with E-state index < -0.39 is 21.5 Å². The number of halogens is 3. The topological polar surface area (TPSA) is 126 Å². The highest BCUT2D eigenvalue weighted by Crippen LogP contribution is 2.40. The quantitative estimate of drug-likeness (QED) is 0.405. The van der Waals surface area contributed by atoms with Crippen molar-refractivity contribution in [1.82, 2.24) is 10.2 Å². The van der Waals surface area contributed by atoms with E-state index in [-0.39, 0.29) is 33.7 Å². The van der Waals surface area contributed by atoms with Crippen molar-refractivity contribution in [3.8, 4) is 0 Å². The molecule has 15 heteroatoms. The fourth-order valence-corrected chi connectivity index (χ4v) is 4.52. The Morgan fingerprint density at radius 3 is 2.65 bits per heavy atom. The number of ether oxygens (including phenoxy) is 1. The molecule has 3 rings (SSSR count). The van der Waals surface area contributed by atoms with Gasteiger partial charge in [-0.25, -0.2) is 4.79 Å². The lowest BCUT2D eigenvalue weighted by Crippen LogP contribution is -2.35. The highest BCUT2D eigenvalue weighted by Gasteiger charge is 2.46. The summed E-state index contributed by atoms with van der Waals surface area (Å²) in [5.74, 6) is -0.699. The first-order valence-corrected chi connectivity index (χ1v) is 12.6. The molecule has 0 aliphatic carbocycles. The molecular weight excluding hydrogens is 497 g/mol. The highest BCUT2D eigenvalue weighted by molar-refractivity contribution is 7.93. The maximum absolute atomic E-state index is 13.0. The summed E-state index contributed by atoms with van der Waals surface area (Å²) in [5, 5.41) is 15.0. The summed E-state index contributed by atoms with van der Waals surface area (Å²) >= 11 is 0.774. The molecule has 1 N–H and O–H groups in total. The van der Waals surface area contributed by atoms with Crippen molar-refractivity contribution < 1.29 is 31.1 Å². The monoisotopic (exact) mass is 520 g/mol. The predicted molar refractivity (Wildman–Crippen MR) is 120 cm³/mol. The average Bonchev–Trinajstić information content (AvgIpc) is 3.21. The van der Waals surface area contributed by atoms with Crippen LogP contribution >= 0.6 is 11.3 Å². The number of nitrogens with zero attached hydrogens (tertiary/aromatic N) is 5. The molecule has 1 aliphatic heterocycles. The maximum Gasteiger partial charge on any atom is 0.516 e. The second-order valence-electron chi connectivity index (χ2n) is 7.80. The second-order valence-corrected chi connectivity index (χ2v) is 10.4. The zero-order valence-electron chi connectivity index (χ0n) is 18.8. The van der Waals surface area contributed by atoms with Crippen LogP contribution in [0.5, 0.6) is 0 Å². The molecule has 1 unspecified atom stereocenters. The van der Waals surface area contributed by atoms with Gasteiger partial charge in [-0.1, -0.05) is 18.3 Å². The Labute approximate surface area is 198 Å². The molecule has 0 bridgehead atoms. The van der Waals surface area contributed by atoms with Gasteiger partial charge in [0.2, 0.25) is 5.01 Å². The van der Waals surface area contributed by atoms with Crippen molar-refractivity contribution in [2.75, 3.05) is 16.7 Å². The van der Waals surface area contributed by atoms with Crippen molar-refractivity contribution in [3.63, 3.8) is 0 Å². The second kappa shape index (κ2) is 9.82. The van der Waals surface area contributed by atoms with E-state index >= 15 is 0 Å². The third-order valence-electron chi connectivity index (χ3n) is 5.07. The van der Waals surface area contributed by atoms with Crippen LogP contribution in [0.15, 0.2) is 22.4 Å². The Kier molecular flexibility index (Phi) is 7.45. The van der Waals surface area contributed by atoms with Crippen LogP contribution in [0.25, 0.3) is 0 Å². The summed E-state index contributed by atoms with van der Waals surface area (Å²) in [6.45, 7) is 5.33. The average molecular weight is 521 g/mol. The third-order valence-corrected chi connectivity index (χ3v) is 6.95. The minimum absolute atomic E-state index is 0.0544. The number of alkyl halides is 3. The number of hydrogen-bond donors (Lipinski definition) is 1. The van der Waals surface area contributed by atoms with Crippen LogP contribution in [-0.4, -0.2) is 49.3 Å². The van der Waals surface area contributed by atoms with Gasteiger partial charge in [-0.2, -0.15) is 21.6 Å². The fourth-order valence-electron chi connectivity index (χ4n) is 3.41. The number of aryl methyl sites for hydroxylation is 1. The number of azo groups is 1. The van der Waals surface area contributed by atoms with Gasteiger partial charge in [0.05, 0.1) is 11.8 Å². The van der Waals surface area contributed by atoms with Crippen LogP contribution in [-0.2, 0) is 21.2 Å². The Morgan fingerprint density at radius 1 is 1.32 bits per heavy atom. The Morgan fingerprint density at radius 2 is 2.03 bits per heavy atom. The molecule has 10 nitrogen and oxygen atoms in total. The first kappa shape index (κ1) is 25.8. The van der Waals surface area contributed by atoms with Gasteiger partial charge >= 0.3 is 21.5 Å². The molecule has 1 aromatic carbocycles. The molecule has 34 heavy (non-hydrogen) atoms.